The molecule has 8 heteroatoms. The molecular formula is C33H30FN3O3S. The van der Waals surface area contributed by atoms with E-state index in [1.54, 1.807) is 48.5 Å². The lowest BCUT2D eigenvalue weighted by atomic mass is 10.1. The number of benzene rings is 4. The van der Waals surface area contributed by atoms with Gasteiger partial charge in [0.15, 0.2) is 0 Å². The number of hydrogen-bond acceptors (Lipinski definition) is 4. The number of carbonyl (C=O) groups excluding carboxylic acids is 3. The molecule has 0 spiro atoms. The molecular weight excluding hydrogens is 537 g/mol. The van der Waals surface area contributed by atoms with Crippen LogP contribution in [0.25, 0.3) is 6.08 Å². The smallest absolute Gasteiger partial charge is 0.272 e. The van der Waals surface area contributed by atoms with Crippen molar-refractivity contribution in [3.05, 3.63) is 131 Å². The summed E-state index contributed by atoms with van der Waals surface area (Å²) in [6.45, 7) is 5.74. The van der Waals surface area contributed by atoms with E-state index in [9.17, 15) is 18.8 Å². The van der Waals surface area contributed by atoms with E-state index < -0.39 is 22.9 Å². The molecule has 0 aliphatic heterocycles. The highest BCUT2D eigenvalue weighted by Crippen LogP contribution is 2.27. The third-order valence-corrected chi connectivity index (χ3v) is 7.23. The number of nitrogens with one attached hydrogen (secondary N) is 3. The van der Waals surface area contributed by atoms with Crippen molar-refractivity contribution in [3.8, 4) is 0 Å². The highest BCUT2D eigenvalue weighted by atomic mass is 32.2. The van der Waals surface area contributed by atoms with Crippen LogP contribution in [0.4, 0.5) is 15.8 Å². The van der Waals surface area contributed by atoms with Gasteiger partial charge in [-0.3, -0.25) is 14.4 Å². The van der Waals surface area contributed by atoms with Gasteiger partial charge in [0.1, 0.15) is 11.5 Å². The maximum Gasteiger partial charge on any atom is 0.272 e. The second kappa shape index (κ2) is 13.6. The number of anilines is 2. The standard InChI is InChI=1S/C33H30FN3O3S/c1-21-12-13-22(2)29(18-21)36-31(38)23(3)41-28-11-7-10-27(20-28)35-33(40)30(19-24-14-16-26(34)17-15-24)37-32(39)25-8-5-4-6-9-25/h4-20,23H,1-3H3,(H,35,40)(H,36,38)(H,37,39)/b30-19-. The Kier molecular flexibility index (Phi) is 9.71. The van der Waals surface area contributed by atoms with E-state index in [1.807, 2.05) is 45.0 Å². The van der Waals surface area contributed by atoms with Crippen molar-refractivity contribution in [1.82, 2.24) is 5.32 Å². The summed E-state index contributed by atoms with van der Waals surface area (Å²) >= 11 is 1.36. The van der Waals surface area contributed by atoms with E-state index in [0.717, 1.165) is 21.7 Å². The van der Waals surface area contributed by atoms with Crippen molar-refractivity contribution in [3.63, 3.8) is 0 Å². The van der Waals surface area contributed by atoms with Gasteiger partial charge in [0.2, 0.25) is 5.91 Å². The zero-order valence-corrected chi connectivity index (χ0v) is 23.7. The van der Waals surface area contributed by atoms with Crippen molar-refractivity contribution < 1.29 is 18.8 Å². The molecule has 1 atom stereocenters. The van der Waals surface area contributed by atoms with Gasteiger partial charge in [0.25, 0.3) is 11.8 Å². The Bertz CT molecular complexity index is 1590. The van der Waals surface area contributed by atoms with E-state index >= 15 is 0 Å². The minimum absolute atomic E-state index is 0.00946. The number of carbonyl (C=O) groups is 3. The molecule has 6 nitrogen and oxygen atoms in total. The second-order valence-corrected chi connectivity index (χ2v) is 10.9. The van der Waals surface area contributed by atoms with Gasteiger partial charge >= 0.3 is 0 Å². The Morgan fingerprint density at radius 1 is 0.829 bits per heavy atom. The van der Waals surface area contributed by atoms with Crippen molar-refractivity contribution in [2.24, 2.45) is 0 Å². The third-order valence-electron chi connectivity index (χ3n) is 6.13. The maximum atomic E-state index is 13.4. The van der Waals surface area contributed by atoms with Gasteiger partial charge < -0.3 is 16.0 Å². The molecule has 4 aromatic rings. The van der Waals surface area contributed by atoms with Crippen molar-refractivity contribution >= 4 is 46.9 Å². The van der Waals surface area contributed by atoms with Crippen LogP contribution in [-0.4, -0.2) is 23.0 Å². The van der Waals surface area contributed by atoms with Crippen LogP contribution in [0.15, 0.2) is 108 Å². The fraction of sp³-hybridized carbons (Fsp3) is 0.121. The summed E-state index contributed by atoms with van der Waals surface area (Å²) in [5.41, 5.74) is 4.22. The SMILES string of the molecule is Cc1ccc(C)c(NC(=O)C(C)Sc2cccc(NC(=O)/C(=C/c3ccc(F)cc3)NC(=O)c3ccccc3)c2)c1. The van der Waals surface area contributed by atoms with Gasteiger partial charge in [0, 0.05) is 21.8 Å². The predicted molar refractivity (Wildman–Crippen MR) is 163 cm³/mol. The van der Waals surface area contributed by atoms with Crippen molar-refractivity contribution in [2.45, 2.75) is 30.9 Å². The first-order chi connectivity index (χ1) is 19.7. The van der Waals surface area contributed by atoms with Gasteiger partial charge in [-0.15, -0.1) is 11.8 Å². The fourth-order valence-corrected chi connectivity index (χ4v) is 4.80. The normalized spacial score (nSPS) is 11.9. The number of hydrogen-bond donors (Lipinski definition) is 3. The summed E-state index contributed by atoms with van der Waals surface area (Å²) in [6, 6.07) is 27.1. The van der Waals surface area contributed by atoms with Crippen LogP contribution in [0.1, 0.15) is 34.0 Å². The molecule has 4 aromatic carbocycles. The van der Waals surface area contributed by atoms with Crippen molar-refractivity contribution in [2.75, 3.05) is 10.6 Å². The molecule has 0 saturated heterocycles. The van der Waals surface area contributed by atoms with Crippen LogP contribution in [0.2, 0.25) is 0 Å². The van der Waals surface area contributed by atoms with Gasteiger partial charge in [0.05, 0.1) is 5.25 Å². The van der Waals surface area contributed by atoms with Gasteiger partial charge in [-0.2, -0.15) is 0 Å². The monoisotopic (exact) mass is 567 g/mol. The molecule has 208 valence electrons. The summed E-state index contributed by atoms with van der Waals surface area (Å²) in [5.74, 6) is -1.55. The number of amides is 3. The molecule has 0 fully saturated rings. The zero-order chi connectivity index (χ0) is 29.4. The number of halogens is 1. The van der Waals surface area contributed by atoms with Gasteiger partial charge in [-0.1, -0.05) is 48.5 Å². The van der Waals surface area contributed by atoms with Crippen molar-refractivity contribution in [1.29, 1.82) is 0 Å². The summed E-state index contributed by atoms with van der Waals surface area (Å²) in [5, 5.41) is 8.07. The van der Waals surface area contributed by atoms with E-state index in [0.29, 0.717) is 16.8 Å². The molecule has 0 saturated carbocycles. The summed E-state index contributed by atoms with van der Waals surface area (Å²) in [6.07, 6.45) is 1.48. The predicted octanol–water partition coefficient (Wildman–Crippen LogP) is 6.97. The molecule has 0 bridgehead atoms. The second-order valence-electron chi connectivity index (χ2n) is 9.48. The Labute approximate surface area is 243 Å². The van der Waals surface area contributed by atoms with Gasteiger partial charge in [-0.05, 0) is 92.1 Å². The summed E-state index contributed by atoms with van der Waals surface area (Å²) in [4.78, 5) is 39.8. The average Bonchev–Trinajstić information content (AvgIpc) is 2.96. The van der Waals surface area contributed by atoms with Crippen LogP contribution in [0.3, 0.4) is 0 Å². The highest BCUT2D eigenvalue weighted by Gasteiger charge is 2.18. The number of rotatable bonds is 9. The first-order valence-corrected chi connectivity index (χ1v) is 13.9. The Morgan fingerprint density at radius 3 is 2.29 bits per heavy atom. The van der Waals surface area contributed by atoms with E-state index in [4.69, 9.17) is 0 Å². The number of thioether (sulfide) groups is 1. The van der Waals surface area contributed by atoms with Gasteiger partial charge in [-0.25, -0.2) is 4.39 Å². The average molecular weight is 568 g/mol. The van der Waals surface area contributed by atoms with Crippen LogP contribution in [0.5, 0.6) is 0 Å². The molecule has 41 heavy (non-hydrogen) atoms. The molecule has 0 heterocycles. The Hall–Kier alpha value is -4.69. The van der Waals surface area contributed by atoms with E-state index in [-0.39, 0.29) is 11.6 Å². The molecule has 0 aliphatic carbocycles. The molecule has 1 unspecified atom stereocenters. The molecule has 0 radical (unpaired) electrons. The Balaban J connectivity index is 1.48. The highest BCUT2D eigenvalue weighted by molar-refractivity contribution is 8.00. The van der Waals surface area contributed by atoms with Crippen LogP contribution in [0, 0.1) is 19.7 Å². The van der Waals surface area contributed by atoms with Crippen LogP contribution < -0.4 is 16.0 Å². The zero-order valence-electron chi connectivity index (χ0n) is 22.9. The summed E-state index contributed by atoms with van der Waals surface area (Å²) < 4.78 is 13.4. The largest absolute Gasteiger partial charge is 0.325 e. The minimum Gasteiger partial charge on any atom is -0.325 e. The third kappa shape index (κ3) is 8.40. The lowest BCUT2D eigenvalue weighted by Gasteiger charge is -2.15. The molecule has 4 rings (SSSR count). The Morgan fingerprint density at radius 2 is 1.56 bits per heavy atom. The van der Waals surface area contributed by atoms with Crippen LogP contribution in [-0.2, 0) is 9.59 Å². The van der Waals surface area contributed by atoms with E-state index in [1.165, 1.54) is 42.1 Å². The summed E-state index contributed by atoms with van der Waals surface area (Å²) in [7, 11) is 0. The molecule has 3 N–H and O–H groups in total. The topological polar surface area (TPSA) is 87.3 Å². The van der Waals surface area contributed by atoms with Crippen LogP contribution >= 0.6 is 11.8 Å². The quantitative estimate of drug-likeness (QED) is 0.151. The molecule has 0 aromatic heterocycles. The lowest BCUT2D eigenvalue weighted by molar-refractivity contribution is -0.115. The molecule has 3 amide bonds. The fourth-order valence-electron chi connectivity index (χ4n) is 3.88. The lowest BCUT2D eigenvalue weighted by Crippen LogP contribution is -2.30. The molecule has 0 aliphatic rings. The maximum absolute atomic E-state index is 13.4. The number of aryl methyl sites for hydroxylation is 2. The first-order valence-electron chi connectivity index (χ1n) is 13.0. The minimum atomic E-state index is -0.554. The van der Waals surface area contributed by atoms with E-state index in [2.05, 4.69) is 16.0 Å². The first kappa shape index (κ1) is 29.3.